The highest BCUT2D eigenvalue weighted by atomic mass is 32.1. The molecule has 0 saturated heterocycles. The van der Waals surface area contributed by atoms with Crippen molar-refractivity contribution >= 4 is 27.4 Å². The summed E-state index contributed by atoms with van der Waals surface area (Å²) in [6.45, 7) is 3.41. The van der Waals surface area contributed by atoms with Crippen molar-refractivity contribution in [2.24, 2.45) is 11.8 Å². The molecule has 1 N–H and O–H groups in total. The van der Waals surface area contributed by atoms with Crippen LogP contribution in [0.2, 0.25) is 0 Å². The van der Waals surface area contributed by atoms with Gasteiger partial charge in [-0.05, 0) is 36.1 Å². The maximum absolute atomic E-state index is 4.36. The van der Waals surface area contributed by atoms with Gasteiger partial charge >= 0.3 is 0 Å². The van der Waals surface area contributed by atoms with Crippen molar-refractivity contribution in [1.82, 2.24) is 9.97 Å². The fraction of sp³-hybridized carbons (Fsp3) is 0.571. The van der Waals surface area contributed by atoms with Crippen molar-refractivity contribution in [2.45, 2.75) is 32.6 Å². The SMILES string of the molecule is CC1CCC(CNc2ncnc3sccc23)CC1. The Morgan fingerprint density at radius 2 is 2.11 bits per heavy atom. The second-order valence-electron chi connectivity index (χ2n) is 5.37. The van der Waals surface area contributed by atoms with Crippen LogP contribution in [-0.4, -0.2) is 16.5 Å². The van der Waals surface area contributed by atoms with E-state index in [0.29, 0.717) is 0 Å². The molecule has 1 aliphatic carbocycles. The van der Waals surface area contributed by atoms with Crippen LogP contribution in [0, 0.1) is 11.8 Å². The summed E-state index contributed by atoms with van der Waals surface area (Å²) in [5.41, 5.74) is 0. The van der Waals surface area contributed by atoms with E-state index in [2.05, 4.69) is 33.7 Å². The first-order valence-corrected chi connectivity index (χ1v) is 7.63. The molecule has 3 rings (SSSR count). The second-order valence-corrected chi connectivity index (χ2v) is 6.26. The molecule has 2 heterocycles. The average Bonchev–Trinajstić information content (AvgIpc) is 2.87. The summed E-state index contributed by atoms with van der Waals surface area (Å²) in [6.07, 6.45) is 7.12. The van der Waals surface area contributed by atoms with Gasteiger partial charge in [0.25, 0.3) is 0 Å². The van der Waals surface area contributed by atoms with Crippen molar-refractivity contribution in [3.63, 3.8) is 0 Å². The molecule has 1 saturated carbocycles. The number of fused-ring (bicyclic) bond motifs is 1. The monoisotopic (exact) mass is 261 g/mol. The molecular formula is C14H19N3S. The predicted octanol–water partition coefficient (Wildman–Crippen LogP) is 3.93. The number of hydrogen-bond donors (Lipinski definition) is 1. The Bertz CT molecular complexity index is 514. The molecule has 0 bridgehead atoms. The zero-order chi connectivity index (χ0) is 12.4. The fourth-order valence-electron chi connectivity index (χ4n) is 2.71. The van der Waals surface area contributed by atoms with E-state index in [0.717, 1.165) is 34.4 Å². The Balaban J connectivity index is 1.64. The molecule has 1 fully saturated rings. The minimum Gasteiger partial charge on any atom is -0.369 e. The van der Waals surface area contributed by atoms with Crippen molar-refractivity contribution in [2.75, 3.05) is 11.9 Å². The molecule has 0 aromatic carbocycles. The molecular weight excluding hydrogens is 242 g/mol. The lowest BCUT2D eigenvalue weighted by Crippen LogP contribution is -2.20. The lowest BCUT2D eigenvalue weighted by molar-refractivity contribution is 0.300. The molecule has 1 aliphatic rings. The van der Waals surface area contributed by atoms with Gasteiger partial charge in [0.15, 0.2) is 0 Å². The van der Waals surface area contributed by atoms with E-state index < -0.39 is 0 Å². The Morgan fingerprint density at radius 3 is 2.94 bits per heavy atom. The Labute approximate surface area is 112 Å². The predicted molar refractivity (Wildman–Crippen MR) is 77.0 cm³/mol. The maximum Gasteiger partial charge on any atom is 0.138 e. The van der Waals surface area contributed by atoms with Crippen LogP contribution in [0.4, 0.5) is 5.82 Å². The molecule has 2 aromatic rings. The zero-order valence-electron chi connectivity index (χ0n) is 10.7. The Morgan fingerprint density at radius 1 is 1.28 bits per heavy atom. The van der Waals surface area contributed by atoms with E-state index >= 15 is 0 Å². The van der Waals surface area contributed by atoms with Crippen LogP contribution in [0.3, 0.4) is 0 Å². The van der Waals surface area contributed by atoms with Crippen LogP contribution >= 0.6 is 11.3 Å². The molecule has 18 heavy (non-hydrogen) atoms. The largest absolute Gasteiger partial charge is 0.369 e. The summed E-state index contributed by atoms with van der Waals surface area (Å²) in [5.74, 6) is 2.73. The van der Waals surface area contributed by atoms with Gasteiger partial charge in [0.2, 0.25) is 0 Å². The van der Waals surface area contributed by atoms with E-state index in [1.54, 1.807) is 17.7 Å². The average molecular weight is 261 g/mol. The lowest BCUT2D eigenvalue weighted by Gasteiger charge is -2.26. The third-order valence-electron chi connectivity index (χ3n) is 3.96. The summed E-state index contributed by atoms with van der Waals surface area (Å²) in [7, 11) is 0. The van der Waals surface area contributed by atoms with Gasteiger partial charge in [0, 0.05) is 6.54 Å². The summed E-state index contributed by atoms with van der Waals surface area (Å²) in [4.78, 5) is 9.71. The summed E-state index contributed by atoms with van der Waals surface area (Å²) < 4.78 is 0. The van der Waals surface area contributed by atoms with Crippen molar-refractivity contribution in [3.8, 4) is 0 Å². The number of hydrogen-bond acceptors (Lipinski definition) is 4. The third kappa shape index (κ3) is 2.48. The first-order valence-electron chi connectivity index (χ1n) is 6.75. The van der Waals surface area contributed by atoms with Gasteiger partial charge in [0.05, 0.1) is 5.39 Å². The lowest BCUT2D eigenvalue weighted by atomic mass is 9.83. The fourth-order valence-corrected chi connectivity index (χ4v) is 3.44. The molecule has 3 nitrogen and oxygen atoms in total. The second kappa shape index (κ2) is 5.22. The van der Waals surface area contributed by atoms with Gasteiger partial charge in [-0.2, -0.15) is 0 Å². The van der Waals surface area contributed by atoms with Crippen LogP contribution in [-0.2, 0) is 0 Å². The van der Waals surface area contributed by atoms with Crippen molar-refractivity contribution in [3.05, 3.63) is 17.8 Å². The molecule has 4 heteroatoms. The van der Waals surface area contributed by atoms with E-state index in [1.807, 2.05) is 0 Å². The number of rotatable bonds is 3. The number of anilines is 1. The van der Waals surface area contributed by atoms with Gasteiger partial charge in [-0.3, -0.25) is 0 Å². The third-order valence-corrected chi connectivity index (χ3v) is 4.78. The molecule has 96 valence electrons. The molecule has 0 aliphatic heterocycles. The highest BCUT2D eigenvalue weighted by Crippen LogP contribution is 2.29. The van der Waals surface area contributed by atoms with Crippen LogP contribution in [0.15, 0.2) is 17.8 Å². The smallest absolute Gasteiger partial charge is 0.138 e. The molecule has 0 atom stereocenters. The normalized spacial score (nSPS) is 24.3. The maximum atomic E-state index is 4.36. The van der Waals surface area contributed by atoms with Crippen LogP contribution < -0.4 is 5.32 Å². The Kier molecular flexibility index (Phi) is 3.46. The number of aromatic nitrogens is 2. The minimum atomic E-state index is 0.810. The molecule has 0 unspecified atom stereocenters. The van der Waals surface area contributed by atoms with E-state index in [4.69, 9.17) is 0 Å². The topological polar surface area (TPSA) is 37.8 Å². The van der Waals surface area contributed by atoms with Gasteiger partial charge in [0.1, 0.15) is 17.0 Å². The summed E-state index contributed by atoms with van der Waals surface area (Å²) in [6, 6.07) is 2.10. The van der Waals surface area contributed by atoms with E-state index in [1.165, 1.54) is 25.7 Å². The number of nitrogens with zero attached hydrogens (tertiary/aromatic N) is 2. The van der Waals surface area contributed by atoms with Gasteiger partial charge in [-0.15, -0.1) is 11.3 Å². The van der Waals surface area contributed by atoms with Crippen LogP contribution in [0.1, 0.15) is 32.6 Å². The quantitative estimate of drug-likeness (QED) is 0.909. The Hall–Kier alpha value is -1.16. The molecule has 0 radical (unpaired) electrons. The van der Waals surface area contributed by atoms with E-state index in [-0.39, 0.29) is 0 Å². The number of thiophene rings is 1. The summed E-state index contributed by atoms with van der Waals surface area (Å²) >= 11 is 1.67. The minimum absolute atomic E-state index is 0.810. The van der Waals surface area contributed by atoms with Crippen LogP contribution in [0.25, 0.3) is 10.2 Å². The zero-order valence-corrected chi connectivity index (χ0v) is 11.5. The first kappa shape index (κ1) is 11.9. The standard InChI is InChI=1S/C14H19N3S/c1-10-2-4-11(5-3-10)8-15-13-12-6-7-18-14(12)17-9-16-13/h6-7,9-11H,2-5,8H2,1H3,(H,15,16,17). The van der Waals surface area contributed by atoms with Crippen molar-refractivity contribution < 1.29 is 0 Å². The molecule has 2 aromatic heterocycles. The van der Waals surface area contributed by atoms with Crippen molar-refractivity contribution in [1.29, 1.82) is 0 Å². The van der Waals surface area contributed by atoms with Gasteiger partial charge in [-0.25, -0.2) is 9.97 Å². The van der Waals surface area contributed by atoms with Gasteiger partial charge < -0.3 is 5.32 Å². The molecule has 0 spiro atoms. The van der Waals surface area contributed by atoms with E-state index in [9.17, 15) is 0 Å². The highest BCUT2D eigenvalue weighted by Gasteiger charge is 2.18. The number of nitrogens with one attached hydrogen (secondary N) is 1. The highest BCUT2D eigenvalue weighted by molar-refractivity contribution is 7.16. The molecule has 0 amide bonds. The van der Waals surface area contributed by atoms with Crippen LogP contribution in [0.5, 0.6) is 0 Å². The summed E-state index contributed by atoms with van der Waals surface area (Å²) in [5, 5.41) is 6.75. The van der Waals surface area contributed by atoms with Gasteiger partial charge in [-0.1, -0.05) is 19.8 Å². The first-order chi connectivity index (χ1) is 8.83.